The molecular weight excluding hydrogens is 320 g/mol. The first-order valence-corrected chi connectivity index (χ1v) is 7.42. The highest BCUT2D eigenvalue weighted by molar-refractivity contribution is 6.34. The van der Waals surface area contributed by atoms with E-state index in [2.05, 4.69) is 0 Å². The van der Waals surface area contributed by atoms with Gasteiger partial charge in [-0.2, -0.15) is 0 Å². The minimum atomic E-state index is -1.08. The fourth-order valence-electron chi connectivity index (χ4n) is 3.03. The van der Waals surface area contributed by atoms with E-state index < -0.39 is 12.1 Å². The molecule has 2 aromatic carbocycles. The van der Waals surface area contributed by atoms with Gasteiger partial charge in [0.05, 0.1) is 15.8 Å². The second-order valence-corrected chi connectivity index (χ2v) is 5.90. The van der Waals surface area contributed by atoms with Gasteiger partial charge in [0.2, 0.25) is 5.43 Å². The number of para-hydroxylation sites is 1. The topological polar surface area (TPSA) is 76.7 Å². The van der Waals surface area contributed by atoms with Crippen LogP contribution in [-0.4, -0.2) is 17.2 Å². The summed E-state index contributed by atoms with van der Waals surface area (Å²) < 4.78 is 11.3. The molecule has 1 aromatic heterocycles. The predicted octanol–water partition coefficient (Wildman–Crippen LogP) is 3.30. The predicted molar refractivity (Wildman–Crippen MR) is 85.5 cm³/mol. The van der Waals surface area contributed by atoms with E-state index in [0.717, 1.165) is 0 Å². The molecule has 0 saturated heterocycles. The third-order valence-electron chi connectivity index (χ3n) is 4.17. The molecule has 3 aromatic rings. The third kappa shape index (κ3) is 1.86. The number of hydrogen-bond donors (Lipinski definition) is 1. The molecule has 0 spiro atoms. The van der Waals surface area contributed by atoms with Gasteiger partial charge in [-0.15, -0.1) is 0 Å². The zero-order valence-corrected chi connectivity index (χ0v) is 12.8. The van der Waals surface area contributed by atoms with Crippen LogP contribution in [0, 0.1) is 6.92 Å². The maximum atomic E-state index is 12.8. The molecule has 1 N–H and O–H groups in total. The van der Waals surface area contributed by atoms with E-state index in [1.165, 1.54) is 0 Å². The first-order valence-electron chi connectivity index (χ1n) is 7.05. The lowest BCUT2D eigenvalue weighted by atomic mass is 10.0. The van der Waals surface area contributed by atoms with Crippen molar-refractivity contribution in [2.75, 3.05) is 0 Å². The van der Waals surface area contributed by atoms with Gasteiger partial charge in [-0.3, -0.25) is 4.79 Å². The van der Waals surface area contributed by atoms with E-state index in [4.69, 9.17) is 20.8 Å². The number of hydrogen-bond acceptors (Lipinski definition) is 4. The summed E-state index contributed by atoms with van der Waals surface area (Å²) in [5, 5.41) is 10.3. The van der Waals surface area contributed by atoms with Crippen LogP contribution in [0.4, 0.5) is 0 Å². The average Bonchev–Trinajstić information content (AvgIpc) is 2.98. The van der Waals surface area contributed by atoms with E-state index >= 15 is 0 Å². The molecule has 0 bridgehead atoms. The Hall–Kier alpha value is -2.53. The Kier molecular flexibility index (Phi) is 2.90. The zero-order valence-electron chi connectivity index (χ0n) is 12.1. The molecular formula is C17H11ClO5. The van der Waals surface area contributed by atoms with Crippen molar-refractivity contribution in [3.63, 3.8) is 0 Å². The molecule has 23 heavy (non-hydrogen) atoms. The number of carboxylic acid groups (broad SMARTS) is 1. The highest BCUT2D eigenvalue weighted by Crippen LogP contribution is 2.43. The van der Waals surface area contributed by atoms with Crippen LogP contribution in [0.15, 0.2) is 33.5 Å². The maximum Gasteiger partial charge on any atom is 0.345 e. The Labute approximate surface area is 135 Å². The van der Waals surface area contributed by atoms with Gasteiger partial charge in [0.15, 0.2) is 6.10 Å². The number of aliphatic carboxylic acids is 1. The Bertz CT molecular complexity index is 1050. The van der Waals surface area contributed by atoms with Crippen LogP contribution >= 0.6 is 11.6 Å². The van der Waals surface area contributed by atoms with Crippen LogP contribution < -0.4 is 10.2 Å². The van der Waals surface area contributed by atoms with E-state index in [9.17, 15) is 14.7 Å². The monoisotopic (exact) mass is 330 g/mol. The molecule has 0 fully saturated rings. The Morgan fingerprint density at radius 3 is 2.83 bits per heavy atom. The number of carbonyl (C=O) groups is 1. The summed E-state index contributed by atoms with van der Waals surface area (Å²) >= 11 is 6.31. The Morgan fingerprint density at radius 2 is 2.09 bits per heavy atom. The molecule has 116 valence electrons. The fourth-order valence-corrected chi connectivity index (χ4v) is 3.28. The van der Waals surface area contributed by atoms with Crippen molar-refractivity contribution < 1.29 is 19.1 Å². The Balaban J connectivity index is 2.17. The van der Waals surface area contributed by atoms with Crippen molar-refractivity contribution in [2.24, 2.45) is 0 Å². The second-order valence-electron chi connectivity index (χ2n) is 5.53. The number of carboxylic acids is 1. The van der Waals surface area contributed by atoms with E-state index in [-0.39, 0.29) is 16.9 Å². The molecule has 6 heteroatoms. The van der Waals surface area contributed by atoms with Crippen molar-refractivity contribution in [3.8, 4) is 5.75 Å². The van der Waals surface area contributed by atoms with Crippen molar-refractivity contribution in [3.05, 3.63) is 50.6 Å². The maximum absolute atomic E-state index is 12.8. The van der Waals surface area contributed by atoms with Crippen LogP contribution in [0.2, 0.25) is 5.02 Å². The van der Waals surface area contributed by atoms with Gasteiger partial charge in [-0.05, 0) is 24.6 Å². The van der Waals surface area contributed by atoms with E-state index in [1.807, 2.05) is 0 Å². The highest BCUT2D eigenvalue weighted by Gasteiger charge is 2.35. The highest BCUT2D eigenvalue weighted by atomic mass is 35.5. The lowest BCUT2D eigenvalue weighted by Crippen LogP contribution is -2.24. The summed E-state index contributed by atoms with van der Waals surface area (Å²) in [7, 11) is 0. The number of rotatable bonds is 1. The molecule has 1 aliphatic heterocycles. The van der Waals surface area contributed by atoms with Crippen LogP contribution in [0.5, 0.6) is 5.75 Å². The molecule has 1 atom stereocenters. The minimum Gasteiger partial charge on any atom is -0.478 e. The van der Waals surface area contributed by atoms with Crippen molar-refractivity contribution in [2.45, 2.75) is 19.4 Å². The van der Waals surface area contributed by atoms with Crippen LogP contribution in [0.25, 0.3) is 21.9 Å². The quantitative estimate of drug-likeness (QED) is 0.693. The first kappa shape index (κ1) is 14.1. The summed E-state index contributed by atoms with van der Waals surface area (Å²) in [4.78, 5) is 24.0. The number of ether oxygens (including phenoxy) is 1. The average molecular weight is 331 g/mol. The van der Waals surface area contributed by atoms with Gasteiger partial charge < -0.3 is 14.3 Å². The smallest absolute Gasteiger partial charge is 0.345 e. The fraction of sp³-hybridized carbons (Fsp3) is 0.176. The minimum absolute atomic E-state index is 0.114. The normalized spacial score (nSPS) is 16.5. The van der Waals surface area contributed by atoms with E-state index in [0.29, 0.717) is 38.8 Å². The molecule has 5 nitrogen and oxygen atoms in total. The van der Waals surface area contributed by atoms with Crippen LogP contribution in [0.1, 0.15) is 11.1 Å². The van der Waals surface area contributed by atoms with Gasteiger partial charge >= 0.3 is 5.97 Å². The molecule has 1 unspecified atom stereocenters. The number of halogens is 1. The molecule has 0 amide bonds. The molecule has 0 saturated carbocycles. The number of aryl methyl sites for hydroxylation is 1. The number of fused-ring (bicyclic) bond motifs is 4. The van der Waals surface area contributed by atoms with Gasteiger partial charge in [0, 0.05) is 12.0 Å². The molecule has 2 heterocycles. The van der Waals surface area contributed by atoms with Crippen molar-refractivity contribution in [1.29, 1.82) is 0 Å². The molecule has 1 aliphatic rings. The van der Waals surface area contributed by atoms with Crippen LogP contribution in [0.3, 0.4) is 0 Å². The molecule has 0 radical (unpaired) electrons. The third-order valence-corrected chi connectivity index (χ3v) is 4.63. The Morgan fingerprint density at radius 1 is 1.35 bits per heavy atom. The summed E-state index contributed by atoms with van der Waals surface area (Å²) in [6, 6.07) is 6.93. The zero-order chi connectivity index (χ0) is 16.3. The lowest BCUT2D eigenvalue weighted by molar-refractivity contribution is -0.144. The van der Waals surface area contributed by atoms with Gasteiger partial charge in [0.1, 0.15) is 16.9 Å². The lowest BCUT2D eigenvalue weighted by Gasteiger charge is -2.10. The van der Waals surface area contributed by atoms with Crippen molar-refractivity contribution in [1.82, 2.24) is 0 Å². The molecule has 0 aliphatic carbocycles. The largest absolute Gasteiger partial charge is 0.478 e. The summed E-state index contributed by atoms with van der Waals surface area (Å²) in [6.07, 6.45) is -0.910. The van der Waals surface area contributed by atoms with Crippen LogP contribution in [-0.2, 0) is 11.2 Å². The molecule has 4 rings (SSSR count). The standard InChI is InChI=1S/C17H11ClO5/c1-7-12-14(19)8-4-2-3-5-10(8)22-15(12)9-6-11(17(20)21)23-16(9)13(7)18/h2-5,11H,6H2,1H3,(H,20,21). The first-order chi connectivity index (χ1) is 11.0. The van der Waals surface area contributed by atoms with Gasteiger partial charge in [-0.1, -0.05) is 23.7 Å². The van der Waals surface area contributed by atoms with Gasteiger partial charge in [0.25, 0.3) is 0 Å². The van der Waals surface area contributed by atoms with Gasteiger partial charge in [-0.25, -0.2) is 4.79 Å². The van der Waals surface area contributed by atoms with Crippen molar-refractivity contribution >= 4 is 39.5 Å². The SMILES string of the molecule is Cc1c(Cl)c2c(c3oc4ccccc4c(=O)c13)CC(C(=O)O)O2. The van der Waals surface area contributed by atoms with E-state index in [1.54, 1.807) is 31.2 Å². The summed E-state index contributed by atoms with van der Waals surface area (Å²) in [6.45, 7) is 1.70. The summed E-state index contributed by atoms with van der Waals surface area (Å²) in [5.41, 5.74) is 1.70. The second kappa shape index (κ2) is 4.73. The summed E-state index contributed by atoms with van der Waals surface area (Å²) in [5.74, 6) is -0.784. The number of benzene rings is 2.